The predicted octanol–water partition coefficient (Wildman–Crippen LogP) is 3.39. The number of rotatable bonds is 3. The Morgan fingerprint density at radius 2 is 1.85 bits per heavy atom. The summed E-state index contributed by atoms with van der Waals surface area (Å²) in [6.45, 7) is 8.24. The van der Waals surface area contributed by atoms with E-state index >= 15 is 0 Å². The molecule has 5 nitrogen and oxygen atoms in total. The first kappa shape index (κ1) is 17.3. The Morgan fingerprint density at radius 3 is 2.50 bits per heavy atom. The van der Waals surface area contributed by atoms with Crippen molar-refractivity contribution in [3.63, 3.8) is 0 Å². The summed E-state index contributed by atoms with van der Waals surface area (Å²) >= 11 is 0. The molecule has 5 heteroatoms. The van der Waals surface area contributed by atoms with Crippen molar-refractivity contribution < 1.29 is 4.79 Å². The van der Waals surface area contributed by atoms with Crippen LogP contribution in [0, 0.1) is 13.8 Å². The third-order valence-corrected chi connectivity index (χ3v) is 5.94. The van der Waals surface area contributed by atoms with Gasteiger partial charge in [0, 0.05) is 36.0 Å². The topological polar surface area (TPSA) is 52.2 Å². The summed E-state index contributed by atoms with van der Waals surface area (Å²) in [5.74, 6) is 0.158. The lowest BCUT2D eigenvalue weighted by Crippen LogP contribution is -2.45. The van der Waals surface area contributed by atoms with Gasteiger partial charge in [0.05, 0.1) is 5.69 Å². The largest absolute Gasteiger partial charge is 0.339 e. The Labute approximate surface area is 155 Å². The molecule has 0 spiro atoms. The van der Waals surface area contributed by atoms with E-state index in [9.17, 15) is 4.79 Å². The summed E-state index contributed by atoms with van der Waals surface area (Å²) < 4.78 is 0. The molecule has 0 bridgehead atoms. The van der Waals surface area contributed by atoms with E-state index in [1.165, 1.54) is 25.9 Å². The molecule has 1 aromatic carbocycles. The highest BCUT2D eigenvalue weighted by molar-refractivity contribution is 5.95. The third-order valence-electron chi connectivity index (χ3n) is 5.94. The minimum atomic E-state index is 0.158. The zero-order valence-corrected chi connectivity index (χ0v) is 15.8. The molecule has 2 aliphatic heterocycles. The fraction of sp³-hybridized carbons (Fsp3) is 0.524. The van der Waals surface area contributed by atoms with E-state index in [0.29, 0.717) is 6.04 Å². The predicted molar refractivity (Wildman–Crippen MR) is 103 cm³/mol. The van der Waals surface area contributed by atoms with Gasteiger partial charge in [-0.15, -0.1) is 0 Å². The van der Waals surface area contributed by atoms with Crippen LogP contribution < -0.4 is 0 Å². The van der Waals surface area contributed by atoms with Gasteiger partial charge in [0.25, 0.3) is 5.91 Å². The number of benzene rings is 1. The molecular formula is C21H28N4O. The average molecular weight is 352 g/mol. The molecule has 1 amide bonds. The summed E-state index contributed by atoms with van der Waals surface area (Å²) in [6.07, 6.45) is 4.87. The minimum Gasteiger partial charge on any atom is -0.339 e. The molecule has 26 heavy (non-hydrogen) atoms. The molecule has 0 aliphatic carbocycles. The highest BCUT2D eigenvalue weighted by atomic mass is 16.2. The quantitative estimate of drug-likeness (QED) is 0.921. The number of hydrogen-bond acceptors (Lipinski definition) is 3. The number of piperidine rings is 1. The molecule has 2 saturated heterocycles. The second-order valence-electron chi connectivity index (χ2n) is 7.66. The number of hydrogen-bond donors (Lipinski definition) is 1. The number of likely N-dealkylation sites (tertiary alicyclic amines) is 2. The number of aryl methyl sites for hydroxylation is 2. The lowest BCUT2D eigenvalue weighted by atomic mass is 9.99. The Morgan fingerprint density at radius 1 is 1.12 bits per heavy atom. The van der Waals surface area contributed by atoms with Crippen molar-refractivity contribution in [3.8, 4) is 11.1 Å². The normalized spacial score (nSPS) is 19.2. The van der Waals surface area contributed by atoms with Crippen molar-refractivity contribution >= 4 is 5.91 Å². The first-order valence-corrected chi connectivity index (χ1v) is 9.79. The molecule has 2 aliphatic rings. The molecule has 0 radical (unpaired) electrons. The zero-order chi connectivity index (χ0) is 18.1. The lowest BCUT2D eigenvalue weighted by molar-refractivity contribution is 0.0644. The van der Waals surface area contributed by atoms with E-state index in [1.807, 2.05) is 36.9 Å². The van der Waals surface area contributed by atoms with Gasteiger partial charge in [-0.3, -0.25) is 9.89 Å². The first-order valence-electron chi connectivity index (χ1n) is 9.79. The van der Waals surface area contributed by atoms with Gasteiger partial charge in [-0.2, -0.15) is 5.10 Å². The van der Waals surface area contributed by atoms with Gasteiger partial charge < -0.3 is 9.80 Å². The maximum atomic E-state index is 13.0. The highest BCUT2D eigenvalue weighted by Crippen LogP contribution is 2.27. The number of nitrogens with one attached hydrogen (secondary N) is 1. The van der Waals surface area contributed by atoms with E-state index in [-0.39, 0.29) is 5.91 Å². The molecule has 1 aromatic heterocycles. The summed E-state index contributed by atoms with van der Waals surface area (Å²) in [4.78, 5) is 17.7. The Kier molecular flexibility index (Phi) is 4.81. The van der Waals surface area contributed by atoms with Gasteiger partial charge in [0.15, 0.2) is 0 Å². The van der Waals surface area contributed by atoms with Crippen LogP contribution in [-0.4, -0.2) is 58.1 Å². The monoisotopic (exact) mass is 352 g/mol. The van der Waals surface area contributed by atoms with Crippen LogP contribution >= 0.6 is 0 Å². The van der Waals surface area contributed by atoms with Crippen molar-refractivity contribution in [2.24, 2.45) is 0 Å². The van der Waals surface area contributed by atoms with Crippen molar-refractivity contribution in [2.75, 3.05) is 26.2 Å². The molecule has 3 heterocycles. The molecule has 1 N–H and O–H groups in total. The fourth-order valence-electron chi connectivity index (χ4n) is 4.51. The number of carbonyl (C=O) groups is 1. The summed E-state index contributed by atoms with van der Waals surface area (Å²) in [5.41, 5.74) is 4.96. The smallest absolute Gasteiger partial charge is 0.253 e. The standard InChI is InChI=1S/C21H28N4O/c1-15-20(16(2)23-22-15)17-6-5-7-18(14-17)21(26)25-12-8-19(9-13-25)24-10-3-4-11-24/h5-7,14,19H,3-4,8-13H2,1-2H3,(H,22,23). The van der Waals surface area contributed by atoms with E-state index in [2.05, 4.69) is 21.2 Å². The molecule has 2 aromatic rings. The minimum absolute atomic E-state index is 0.158. The summed E-state index contributed by atoms with van der Waals surface area (Å²) in [7, 11) is 0. The second-order valence-corrected chi connectivity index (χ2v) is 7.66. The number of amides is 1. The number of carbonyl (C=O) groups excluding carboxylic acids is 1. The van der Waals surface area contributed by atoms with Gasteiger partial charge in [-0.25, -0.2) is 0 Å². The third kappa shape index (κ3) is 3.28. The van der Waals surface area contributed by atoms with Gasteiger partial charge in [0.1, 0.15) is 0 Å². The zero-order valence-electron chi connectivity index (χ0n) is 15.8. The average Bonchev–Trinajstić information content (AvgIpc) is 3.32. The maximum absolute atomic E-state index is 13.0. The van der Waals surface area contributed by atoms with Crippen LogP contribution in [0.1, 0.15) is 47.4 Å². The van der Waals surface area contributed by atoms with E-state index in [0.717, 1.165) is 54.0 Å². The van der Waals surface area contributed by atoms with Crippen molar-refractivity contribution in [1.82, 2.24) is 20.0 Å². The summed E-state index contributed by atoms with van der Waals surface area (Å²) in [5, 5.41) is 7.31. The lowest BCUT2D eigenvalue weighted by Gasteiger charge is -2.36. The highest BCUT2D eigenvalue weighted by Gasteiger charge is 2.28. The molecule has 138 valence electrons. The van der Waals surface area contributed by atoms with Crippen LogP contribution in [-0.2, 0) is 0 Å². The second kappa shape index (κ2) is 7.23. The van der Waals surface area contributed by atoms with Crippen molar-refractivity contribution in [1.29, 1.82) is 0 Å². The van der Waals surface area contributed by atoms with Crippen molar-refractivity contribution in [3.05, 3.63) is 41.2 Å². The maximum Gasteiger partial charge on any atom is 0.253 e. The van der Waals surface area contributed by atoms with E-state index in [1.54, 1.807) is 0 Å². The number of H-pyrrole nitrogens is 1. The van der Waals surface area contributed by atoms with Gasteiger partial charge in [-0.1, -0.05) is 12.1 Å². The van der Waals surface area contributed by atoms with Crippen LogP contribution in [0.4, 0.5) is 0 Å². The molecule has 0 saturated carbocycles. The van der Waals surface area contributed by atoms with E-state index < -0.39 is 0 Å². The Bertz CT molecular complexity index is 764. The number of aromatic amines is 1. The van der Waals surface area contributed by atoms with Crippen LogP contribution in [0.15, 0.2) is 24.3 Å². The van der Waals surface area contributed by atoms with Gasteiger partial charge in [-0.05, 0) is 70.3 Å². The molecule has 0 atom stereocenters. The Balaban J connectivity index is 1.46. The molecular weight excluding hydrogens is 324 g/mol. The van der Waals surface area contributed by atoms with Gasteiger partial charge >= 0.3 is 0 Å². The van der Waals surface area contributed by atoms with Crippen LogP contribution in [0.2, 0.25) is 0 Å². The van der Waals surface area contributed by atoms with Crippen LogP contribution in [0.3, 0.4) is 0 Å². The molecule has 4 rings (SSSR count). The molecule has 0 unspecified atom stereocenters. The number of aromatic nitrogens is 2. The van der Waals surface area contributed by atoms with E-state index in [4.69, 9.17) is 0 Å². The van der Waals surface area contributed by atoms with Crippen LogP contribution in [0.5, 0.6) is 0 Å². The number of nitrogens with zero attached hydrogens (tertiary/aromatic N) is 3. The van der Waals surface area contributed by atoms with Gasteiger partial charge in [0.2, 0.25) is 0 Å². The summed E-state index contributed by atoms with van der Waals surface area (Å²) in [6, 6.07) is 8.65. The SMILES string of the molecule is Cc1n[nH]c(C)c1-c1cccc(C(=O)N2CCC(N3CCCC3)CC2)c1. The molecule has 2 fully saturated rings. The first-order chi connectivity index (χ1) is 12.6. The Hall–Kier alpha value is -2.14. The fourth-order valence-corrected chi connectivity index (χ4v) is 4.51. The van der Waals surface area contributed by atoms with Crippen molar-refractivity contribution in [2.45, 2.75) is 45.6 Å². The van der Waals surface area contributed by atoms with Crippen LogP contribution in [0.25, 0.3) is 11.1 Å².